The van der Waals surface area contributed by atoms with Crippen molar-refractivity contribution in [3.8, 4) is 5.75 Å². The molecule has 5 heterocycles. The first-order valence-electron chi connectivity index (χ1n) is 36.6. The summed E-state index contributed by atoms with van der Waals surface area (Å²) in [5.41, 5.74) is 22.9. The Labute approximate surface area is 665 Å². The van der Waals surface area contributed by atoms with Gasteiger partial charge in [-0.15, -0.1) is 0 Å². The molecule has 6 rings (SSSR count). The molecule has 0 aliphatic carbocycles. The lowest BCUT2D eigenvalue weighted by molar-refractivity contribution is -0.148. The van der Waals surface area contributed by atoms with E-state index in [1.54, 1.807) is 27.7 Å². The molecule has 624 valence electrons. The Morgan fingerprint density at radius 1 is 0.469 bits per heavy atom. The van der Waals surface area contributed by atoms with Gasteiger partial charge in [-0.25, -0.2) is 0 Å². The second-order valence-corrected chi connectivity index (χ2v) is 33.6. The third-order valence-corrected chi connectivity index (χ3v) is 23.5. The van der Waals surface area contributed by atoms with Crippen molar-refractivity contribution in [3.63, 3.8) is 0 Å². The summed E-state index contributed by atoms with van der Waals surface area (Å²) in [5, 5.41) is 60.4. The third kappa shape index (κ3) is 27.8. The number of rotatable bonds is 16. The van der Waals surface area contributed by atoms with Gasteiger partial charge in [0.2, 0.25) is 106 Å². The summed E-state index contributed by atoms with van der Waals surface area (Å²) in [7, 11) is 3.24. The second kappa shape index (κ2) is 44.1. The number of hydrogen-bond donors (Lipinski definition) is 19. The van der Waals surface area contributed by atoms with Crippen LogP contribution in [-0.4, -0.2) is 289 Å². The zero-order chi connectivity index (χ0) is 83.7. The first-order chi connectivity index (χ1) is 53.4. The number of amides is 18. The normalized spacial score (nSPS) is 28.3. The lowest BCUT2D eigenvalue weighted by atomic mass is 10.0. The van der Waals surface area contributed by atoms with Crippen molar-refractivity contribution in [2.75, 3.05) is 55.8 Å². The molecule has 41 nitrogen and oxygen atoms in total. The van der Waals surface area contributed by atoms with E-state index in [4.69, 9.17) is 22.9 Å². The lowest BCUT2D eigenvalue weighted by Gasteiger charge is -2.34. The average Bonchev–Trinajstić information content (AvgIpc) is 1.68. The summed E-state index contributed by atoms with van der Waals surface area (Å²) in [6, 6.07) is -19.5. The molecule has 0 radical (unpaired) electrons. The first kappa shape index (κ1) is 92.1. The van der Waals surface area contributed by atoms with Crippen LogP contribution in [0.3, 0.4) is 0 Å². The number of carboxylic acid groups (broad SMARTS) is 1. The molecule has 15 atom stereocenters. The van der Waals surface area contributed by atoms with Gasteiger partial charge in [0.15, 0.2) is 0 Å². The Kier molecular flexibility index (Phi) is 35.9. The number of hydrogen-bond acceptors (Lipinski definition) is 26. The van der Waals surface area contributed by atoms with E-state index in [2.05, 4.69) is 63.8 Å². The van der Waals surface area contributed by atoms with Gasteiger partial charge in [0.25, 0.3) is 0 Å². The number of aliphatic hydroxyl groups excluding tert-OH is 1. The van der Waals surface area contributed by atoms with Gasteiger partial charge in [0.05, 0.1) is 32.4 Å². The molecule has 5 aliphatic heterocycles. The average molecular weight is 1660 g/mol. The Balaban J connectivity index is 1.46. The van der Waals surface area contributed by atoms with Crippen molar-refractivity contribution in [1.29, 1.82) is 0 Å². The largest absolute Gasteiger partial charge is 0.508 e. The fourth-order valence-corrected chi connectivity index (χ4v) is 17.6. The van der Waals surface area contributed by atoms with E-state index in [0.717, 1.165) is 48.1 Å². The van der Waals surface area contributed by atoms with Crippen LogP contribution in [0.1, 0.15) is 111 Å². The maximum absolute atomic E-state index is 14.8. The van der Waals surface area contributed by atoms with E-state index >= 15 is 0 Å². The number of fused-ring (bicyclic) bond motifs is 11. The Bertz CT molecular complexity index is 3720. The molecule has 23 N–H and O–H groups in total. The van der Waals surface area contributed by atoms with Crippen LogP contribution in [-0.2, 0) is 97.5 Å². The fraction of sp³-hybridized carbons (Fsp3) is 0.632. The van der Waals surface area contributed by atoms with Crippen LogP contribution >= 0.6 is 43.2 Å². The van der Waals surface area contributed by atoms with Gasteiger partial charge in [-0.3, -0.25) is 91.1 Å². The molecule has 0 saturated carbocycles. The quantitative estimate of drug-likeness (QED) is 0.0684. The van der Waals surface area contributed by atoms with Gasteiger partial charge in [-0.2, -0.15) is 0 Å². The summed E-state index contributed by atoms with van der Waals surface area (Å²) < 4.78 is 0. The van der Waals surface area contributed by atoms with Gasteiger partial charge < -0.3 is 117 Å². The fourth-order valence-electron chi connectivity index (χ4n) is 12.9. The van der Waals surface area contributed by atoms with Crippen LogP contribution in [0.2, 0.25) is 0 Å². The molecule has 5 saturated heterocycles. The second-order valence-electron chi connectivity index (χ2n) is 28.5. The number of nitrogens with zero attached hydrogens (tertiary/aromatic N) is 3. The number of phenolic OH excluding ortho intramolecular Hbond substituents is 1. The smallest absolute Gasteiger partial charge is 0.305 e. The van der Waals surface area contributed by atoms with Crippen LogP contribution in [0, 0.1) is 11.8 Å². The topological polar surface area (TPSA) is 643 Å². The van der Waals surface area contributed by atoms with Crippen molar-refractivity contribution in [1.82, 2.24) is 78.5 Å². The molecule has 0 unspecified atom stereocenters. The summed E-state index contributed by atoms with van der Waals surface area (Å²) in [5.74, 6) is -23.5. The summed E-state index contributed by atoms with van der Waals surface area (Å²) in [6.45, 7) is 6.04. The Hall–Kier alpha value is -9.73. The van der Waals surface area contributed by atoms with Crippen molar-refractivity contribution in [2.45, 2.75) is 202 Å². The molecule has 45 heteroatoms. The monoisotopic (exact) mass is 1660 g/mol. The van der Waals surface area contributed by atoms with Crippen molar-refractivity contribution < 1.29 is 106 Å². The molecule has 0 spiro atoms. The summed E-state index contributed by atoms with van der Waals surface area (Å²) in [4.78, 5) is 271. The predicted octanol–water partition coefficient (Wildman–Crippen LogP) is -7.71. The molecular formula is C68H101N19O22S4. The number of benzene rings is 1. The molecule has 0 aromatic heterocycles. The van der Waals surface area contributed by atoms with E-state index in [9.17, 15) is 106 Å². The van der Waals surface area contributed by atoms with E-state index in [1.807, 2.05) is 0 Å². The lowest BCUT2D eigenvalue weighted by Crippen LogP contribution is -2.61. The van der Waals surface area contributed by atoms with E-state index in [1.165, 1.54) is 41.0 Å². The van der Waals surface area contributed by atoms with Gasteiger partial charge in [0.1, 0.15) is 96.4 Å². The maximum Gasteiger partial charge on any atom is 0.305 e. The standard InChI is InChI=1S/C68H101N19O22S4/c1-31(2)19-36-56(97)77-38(22-50(70)90)58(99)80-41(23-51(71)91)67(108)85-16-6-9-47(85)64(105)78-39(24-53(93)94)59(100)76-37(21-34-12-14-35(89)15-13-34)57(98)82-43(54(72)95)27-110-112-30-46-63(104)81-42(26-88)60(101)79-40(20-32(3)4)66(107)87-18-8-11-49(87)68(109)86-17-7-10-48(86)65(106)84-45(61(102)73-33(5)55(96)75-36)29-113-111-28-44(62(103)83-46)74-52(92)25-69/h12-15,31-33,36-49,88-89H,6-11,16-30,69H2,1-5H3,(H2,70,90)(H2,71,91)(H2,72,95)(H,73,102)(H,74,92)(H,75,96)(H,76,100)(H,77,97)(H,78,105)(H,79,101)(H,80,99)(H,81,104)(H,82,98)(H,83,103)(H,84,106)(H,93,94)/t33-,36-,37-,38-,39-,40-,41-,42-,43-,44-,45+,46-,47-,48-,49-/m0/s1. The zero-order valence-electron chi connectivity index (χ0n) is 62.9. The number of nitrogens with two attached hydrogens (primary N) is 4. The van der Waals surface area contributed by atoms with Crippen LogP contribution in [0.15, 0.2) is 24.3 Å². The maximum atomic E-state index is 14.8. The van der Waals surface area contributed by atoms with Crippen LogP contribution in [0.25, 0.3) is 0 Å². The SMILES string of the molecule is CC(C)C[C@@H]1NC(=O)[C@H](C)NC(=O)[C@H]2CSSC[C@H](NC(=O)CN)C(=O)N[C@@H](CSSC[C@@H](C(N)=O)NC(=O)[C@H](Cc3ccc(O)cc3)NC(=O)[C@H](CC(=O)O)NC(=O)[C@@H]3CCCN3C(=O)[C@H](CC(N)=O)NC(=O)[C@H](CC(N)=O)NC1=O)C(=O)N[C@@H](CO)C(=O)N[C@@H](CC(C)C)C(=O)N1CCC[C@H]1C(=O)N1CCC[C@H]1C(=O)N2. The highest BCUT2D eigenvalue weighted by molar-refractivity contribution is 8.77. The summed E-state index contributed by atoms with van der Waals surface area (Å²) >= 11 is 0. The first-order valence-corrected chi connectivity index (χ1v) is 41.6. The van der Waals surface area contributed by atoms with Crippen molar-refractivity contribution in [2.24, 2.45) is 34.8 Å². The van der Waals surface area contributed by atoms with Gasteiger partial charge in [-0.1, -0.05) is 83.0 Å². The summed E-state index contributed by atoms with van der Waals surface area (Å²) in [6.07, 6.45) is -3.05. The Morgan fingerprint density at radius 2 is 0.885 bits per heavy atom. The zero-order valence-corrected chi connectivity index (χ0v) is 66.1. The van der Waals surface area contributed by atoms with Gasteiger partial charge in [0, 0.05) is 49.1 Å². The van der Waals surface area contributed by atoms with Crippen LogP contribution in [0.5, 0.6) is 5.75 Å². The minimum atomic E-state index is -2.05. The molecular weight excluding hydrogens is 1560 g/mol. The number of carboxylic acids is 1. The van der Waals surface area contributed by atoms with Crippen LogP contribution in [0.4, 0.5) is 0 Å². The minimum Gasteiger partial charge on any atom is -0.508 e. The number of aliphatic carboxylic acids is 1. The number of aliphatic hydroxyl groups is 1. The number of carbonyl (C=O) groups is 19. The number of nitrogens with one attached hydrogen (secondary N) is 12. The minimum absolute atomic E-state index is 0.0283. The molecule has 5 aliphatic rings. The predicted molar refractivity (Wildman–Crippen MR) is 409 cm³/mol. The molecule has 18 amide bonds. The van der Waals surface area contributed by atoms with E-state index in [0.29, 0.717) is 6.42 Å². The highest BCUT2D eigenvalue weighted by Gasteiger charge is 2.47. The number of carbonyl (C=O) groups excluding carboxylic acids is 18. The number of primary amides is 3. The molecule has 113 heavy (non-hydrogen) atoms. The van der Waals surface area contributed by atoms with Crippen molar-refractivity contribution in [3.05, 3.63) is 29.8 Å². The highest BCUT2D eigenvalue weighted by atomic mass is 33.1. The van der Waals surface area contributed by atoms with E-state index in [-0.39, 0.29) is 81.8 Å². The molecule has 5 fully saturated rings. The highest BCUT2D eigenvalue weighted by Crippen LogP contribution is 2.30. The molecule has 1 aromatic carbocycles. The molecule has 2 bridgehead atoms. The van der Waals surface area contributed by atoms with Gasteiger partial charge >= 0.3 is 5.97 Å². The number of phenols is 1. The number of aromatic hydroxyl groups is 1. The Morgan fingerprint density at radius 3 is 1.43 bits per heavy atom. The van der Waals surface area contributed by atoms with Crippen LogP contribution < -0.4 is 86.7 Å². The van der Waals surface area contributed by atoms with Gasteiger partial charge in [-0.05, 0) is 87.8 Å². The molecule has 1 aromatic rings. The van der Waals surface area contributed by atoms with E-state index < -0.39 is 271 Å². The van der Waals surface area contributed by atoms with Crippen molar-refractivity contribution >= 4 is 155 Å². The third-order valence-electron chi connectivity index (χ3n) is 18.7.